The van der Waals surface area contributed by atoms with Crippen LogP contribution in [0.2, 0.25) is 0 Å². The zero-order valence-electron chi connectivity index (χ0n) is 26.4. The number of pyridine rings is 1. The molecule has 0 bridgehead atoms. The summed E-state index contributed by atoms with van der Waals surface area (Å²) in [6, 6.07) is 10.7. The van der Waals surface area contributed by atoms with Crippen molar-refractivity contribution >= 4 is 11.8 Å². The number of aryl methyl sites for hydroxylation is 1. The number of rotatable bonds is 16. The van der Waals surface area contributed by atoms with Gasteiger partial charge in [-0.15, -0.1) is 0 Å². The van der Waals surface area contributed by atoms with Crippen LogP contribution in [-0.2, 0) is 19.4 Å². The molecule has 2 aromatic heterocycles. The molecule has 0 saturated carbocycles. The molecule has 2 atom stereocenters. The second-order valence-corrected chi connectivity index (χ2v) is 11.2. The predicted molar refractivity (Wildman–Crippen MR) is 171 cm³/mol. The Bertz CT molecular complexity index is 1570. The van der Waals surface area contributed by atoms with E-state index < -0.39 is 29.7 Å². The molecule has 0 aliphatic heterocycles. The lowest BCUT2D eigenvalue weighted by Crippen LogP contribution is -2.48. The summed E-state index contributed by atoms with van der Waals surface area (Å²) in [5, 5.41) is 17.3. The average Bonchev–Trinajstić information content (AvgIpc) is 3.59. The Morgan fingerprint density at radius 2 is 1.63 bits per heavy atom. The van der Waals surface area contributed by atoms with Crippen LogP contribution in [0.5, 0.6) is 0 Å². The number of halogens is 2. The monoisotopic (exact) mass is 633 g/mol. The summed E-state index contributed by atoms with van der Waals surface area (Å²) < 4.78 is 33.6. The summed E-state index contributed by atoms with van der Waals surface area (Å²) in [5.74, 6) is -2.11. The molecular formula is C35H41F2N5O4. The van der Waals surface area contributed by atoms with Gasteiger partial charge < -0.3 is 25.1 Å². The number of amides is 2. The fraction of sp³-hybridized carbons (Fsp3) is 0.371. The Labute approximate surface area is 268 Å². The second kappa shape index (κ2) is 16.7. The first-order valence-electron chi connectivity index (χ1n) is 15.6. The fourth-order valence-electron chi connectivity index (χ4n) is 5.26. The summed E-state index contributed by atoms with van der Waals surface area (Å²) >= 11 is 0. The van der Waals surface area contributed by atoms with Crippen LogP contribution in [0.3, 0.4) is 0 Å². The quantitative estimate of drug-likeness (QED) is 0.153. The molecule has 2 aromatic carbocycles. The Hall–Kier alpha value is -4.48. The topological polar surface area (TPSA) is 121 Å². The third kappa shape index (κ3) is 9.51. The Morgan fingerprint density at radius 1 is 0.913 bits per heavy atom. The van der Waals surface area contributed by atoms with E-state index in [0.29, 0.717) is 25.2 Å². The average molecular weight is 634 g/mol. The molecule has 11 heteroatoms. The van der Waals surface area contributed by atoms with Crippen LogP contribution in [0, 0.1) is 11.6 Å². The van der Waals surface area contributed by atoms with Crippen molar-refractivity contribution in [3.63, 3.8) is 0 Å². The number of aliphatic hydroxyl groups excluding tert-OH is 1. The van der Waals surface area contributed by atoms with Crippen LogP contribution < -0.4 is 10.6 Å². The Kier molecular flexibility index (Phi) is 12.5. The van der Waals surface area contributed by atoms with Gasteiger partial charge in [-0.25, -0.2) is 13.8 Å². The molecule has 9 nitrogen and oxygen atoms in total. The summed E-state index contributed by atoms with van der Waals surface area (Å²) in [4.78, 5) is 37.6. The zero-order valence-corrected chi connectivity index (χ0v) is 26.4. The maximum Gasteiger partial charge on any atom is 0.253 e. The number of benzene rings is 2. The molecule has 244 valence electrons. The predicted octanol–water partition coefficient (Wildman–Crippen LogP) is 5.33. The van der Waals surface area contributed by atoms with Crippen LogP contribution in [-0.4, -0.2) is 63.6 Å². The smallest absolute Gasteiger partial charge is 0.253 e. The van der Waals surface area contributed by atoms with E-state index in [1.165, 1.54) is 30.7 Å². The molecule has 4 aromatic rings. The van der Waals surface area contributed by atoms with Gasteiger partial charge in [-0.1, -0.05) is 20.8 Å². The van der Waals surface area contributed by atoms with E-state index in [-0.39, 0.29) is 41.5 Å². The van der Waals surface area contributed by atoms with E-state index in [1.807, 2.05) is 32.9 Å². The van der Waals surface area contributed by atoms with Crippen LogP contribution in [0.4, 0.5) is 8.78 Å². The largest absolute Gasteiger partial charge is 0.445 e. The lowest BCUT2D eigenvalue weighted by molar-refractivity contribution is 0.0755. The minimum atomic E-state index is -1.15. The van der Waals surface area contributed by atoms with E-state index >= 15 is 0 Å². The van der Waals surface area contributed by atoms with Crippen molar-refractivity contribution in [2.24, 2.45) is 0 Å². The second-order valence-electron chi connectivity index (χ2n) is 11.2. The molecule has 0 aliphatic carbocycles. The molecule has 3 N–H and O–H groups in total. The van der Waals surface area contributed by atoms with Crippen molar-refractivity contribution in [1.29, 1.82) is 0 Å². The number of hydrogen-bond acceptors (Lipinski definition) is 7. The van der Waals surface area contributed by atoms with E-state index in [0.717, 1.165) is 36.6 Å². The van der Waals surface area contributed by atoms with Crippen LogP contribution in [0.25, 0.3) is 11.5 Å². The third-order valence-electron chi connectivity index (χ3n) is 7.50. The minimum Gasteiger partial charge on any atom is -0.445 e. The highest BCUT2D eigenvalue weighted by Gasteiger charge is 2.25. The first kappa shape index (κ1) is 34.4. The zero-order chi connectivity index (χ0) is 33.1. The lowest BCUT2D eigenvalue weighted by atomic mass is 9.99. The first-order chi connectivity index (χ1) is 22.2. The van der Waals surface area contributed by atoms with Gasteiger partial charge in [0.25, 0.3) is 11.8 Å². The van der Waals surface area contributed by atoms with Gasteiger partial charge >= 0.3 is 0 Å². The van der Waals surface area contributed by atoms with E-state index in [9.17, 15) is 23.5 Å². The molecule has 0 saturated heterocycles. The number of aromatic nitrogens is 2. The van der Waals surface area contributed by atoms with Crippen molar-refractivity contribution in [3.8, 4) is 11.5 Å². The molecule has 46 heavy (non-hydrogen) atoms. The molecular weight excluding hydrogens is 592 g/mol. The number of oxazole rings is 1. The standard InChI is InChI=1S/C35H41F2N5O4/c1-4-10-42(11-5-2)35(45)27-18-25(17-26(19-27)34-40-9-12-46-34)33(44)41-31(16-24-13-28(36)20-29(37)14-24)32(43)22-38-21-30-15-23(6-3)7-8-39-30/h7-9,12-15,17-20,31-32,38,43H,4-6,10-11,16,21-22H2,1-3H3,(H,41,44). The number of nitrogens with zero attached hydrogens (tertiary/aromatic N) is 3. The fourth-order valence-corrected chi connectivity index (χ4v) is 5.26. The number of carbonyl (C=O) groups excluding carboxylic acids is 2. The summed E-state index contributed by atoms with van der Waals surface area (Å²) in [7, 11) is 0. The summed E-state index contributed by atoms with van der Waals surface area (Å²) in [5.41, 5.74) is 3.04. The molecule has 0 radical (unpaired) electrons. The SMILES string of the molecule is CCCN(CCC)C(=O)c1cc(C(=O)NC(Cc2cc(F)cc(F)c2)C(O)CNCc2cc(CC)ccn2)cc(-c2ncco2)c1. The highest BCUT2D eigenvalue weighted by atomic mass is 19.1. The minimum absolute atomic E-state index is 0.0567. The Morgan fingerprint density at radius 3 is 2.28 bits per heavy atom. The third-order valence-corrected chi connectivity index (χ3v) is 7.50. The van der Waals surface area contributed by atoms with Gasteiger partial charge in [0, 0.05) is 55.1 Å². The van der Waals surface area contributed by atoms with Crippen molar-refractivity contribution in [2.45, 2.75) is 65.1 Å². The molecule has 4 rings (SSSR count). The lowest BCUT2D eigenvalue weighted by Gasteiger charge is -2.25. The molecule has 0 fully saturated rings. The number of hydrogen-bond donors (Lipinski definition) is 3. The maximum absolute atomic E-state index is 14.1. The van der Waals surface area contributed by atoms with Gasteiger partial charge in [0.05, 0.1) is 24.0 Å². The van der Waals surface area contributed by atoms with Crippen molar-refractivity contribution in [1.82, 2.24) is 25.5 Å². The number of carbonyl (C=O) groups is 2. The van der Waals surface area contributed by atoms with Crippen LogP contribution >= 0.6 is 0 Å². The van der Waals surface area contributed by atoms with Crippen molar-refractivity contribution in [3.05, 3.63) is 107 Å². The van der Waals surface area contributed by atoms with Crippen molar-refractivity contribution in [2.75, 3.05) is 19.6 Å². The molecule has 0 spiro atoms. The molecule has 2 heterocycles. The summed E-state index contributed by atoms with van der Waals surface area (Å²) in [6.07, 6.45) is 5.79. The van der Waals surface area contributed by atoms with E-state index in [4.69, 9.17) is 4.42 Å². The first-order valence-corrected chi connectivity index (χ1v) is 15.6. The Balaban J connectivity index is 1.60. The maximum atomic E-state index is 14.1. The van der Waals surface area contributed by atoms with Gasteiger partial charge in [-0.3, -0.25) is 14.6 Å². The highest BCUT2D eigenvalue weighted by Crippen LogP contribution is 2.23. The van der Waals surface area contributed by atoms with Gasteiger partial charge in [0.15, 0.2) is 0 Å². The highest BCUT2D eigenvalue weighted by molar-refractivity contribution is 6.01. The van der Waals surface area contributed by atoms with Gasteiger partial charge in [-0.2, -0.15) is 0 Å². The van der Waals surface area contributed by atoms with Gasteiger partial charge in [-0.05, 0) is 79.3 Å². The van der Waals surface area contributed by atoms with Gasteiger partial charge in [0.2, 0.25) is 5.89 Å². The molecule has 2 amide bonds. The number of aliphatic hydroxyl groups is 1. The van der Waals surface area contributed by atoms with E-state index in [2.05, 4.69) is 20.6 Å². The van der Waals surface area contributed by atoms with Gasteiger partial charge in [0.1, 0.15) is 17.9 Å². The molecule has 2 unspecified atom stereocenters. The molecule has 0 aliphatic rings. The van der Waals surface area contributed by atoms with Crippen molar-refractivity contribution < 1.29 is 27.9 Å². The summed E-state index contributed by atoms with van der Waals surface area (Å²) in [6.45, 7) is 7.57. The number of nitrogens with one attached hydrogen (secondary N) is 2. The van der Waals surface area contributed by atoms with Crippen LogP contribution in [0.15, 0.2) is 71.6 Å². The van der Waals surface area contributed by atoms with E-state index in [1.54, 1.807) is 23.2 Å². The van der Waals surface area contributed by atoms with Crippen LogP contribution in [0.1, 0.15) is 71.1 Å². The normalized spacial score (nSPS) is 12.5.